The van der Waals surface area contributed by atoms with Gasteiger partial charge in [-0.1, -0.05) is 36.4 Å². The minimum atomic E-state index is 0.428. The van der Waals surface area contributed by atoms with Crippen molar-refractivity contribution in [1.29, 1.82) is 0 Å². The van der Waals surface area contributed by atoms with Crippen molar-refractivity contribution in [2.24, 2.45) is 0 Å². The fourth-order valence-electron chi connectivity index (χ4n) is 3.03. The van der Waals surface area contributed by atoms with Crippen molar-refractivity contribution in [1.82, 2.24) is 9.67 Å². The molecule has 4 aromatic rings. The van der Waals surface area contributed by atoms with Crippen LogP contribution >= 0.6 is 0 Å². The molecule has 2 heterocycles. The Balaban J connectivity index is 2.09. The third kappa shape index (κ3) is 2.13. The van der Waals surface area contributed by atoms with Crippen LogP contribution in [-0.4, -0.2) is 16.8 Å². The van der Waals surface area contributed by atoms with E-state index in [-0.39, 0.29) is 0 Å². The van der Waals surface area contributed by atoms with Crippen molar-refractivity contribution in [3.63, 3.8) is 0 Å². The number of rotatable bonds is 3. The number of hydrogen-bond acceptors (Lipinski definition) is 3. The van der Waals surface area contributed by atoms with Crippen molar-refractivity contribution < 1.29 is 9.58 Å². The van der Waals surface area contributed by atoms with Gasteiger partial charge in [-0.05, 0) is 17.0 Å². The fourth-order valence-corrected chi connectivity index (χ4v) is 3.03. The van der Waals surface area contributed by atoms with E-state index < -0.39 is 0 Å². The van der Waals surface area contributed by atoms with E-state index in [4.69, 9.17) is 4.74 Å². The molecule has 0 N–H and O–H groups in total. The van der Waals surface area contributed by atoms with Gasteiger partial charge in [0.1, 0.15) is 12.9 Å². The Hall–Kier alpha value is -2.92. The Bertz CT molecular complexity index is 1010. The quantitative estimate of drug-likeness (QED) is 0.432. The molecule has 23 heavy (non-hydrogen) atoms. The molecular formula is C18H15N3O2. The van der Waals surface area contributed by atoms with Crippen LogP contribution in [0.25, 0.3) is 32.9 Å². The molecule has 0 bridgehead atoms. The first-order chi connectivity index (χ1) is 11.3. The molecule has 5 heteroatoms. The van der Waals surface area contributed by atoms with Gasteiger partial charge >= 0.3 is 0 Å². The Labute approximate surface area is 132 Å². The van der Waals surface area contributed by atoms with E-state index >= 15 is 0 Å². The normalized spacial score (nSPS) is 11.3. The van der Waals surface area contributed by atoms with Gasteiger partial charge in [-0.25, -0.2) is 0 Å². The maximum atomic E-state index is 12.4. The summed E-state index contributed by atoms with van der Waals surface area (Å²) in [5.74, 6) is 0. The highest BCUT2D eigenvalue weighted by Gasteiger charge is 2.20. The summed E-state index contributed by atoms with van der Waals surface area (Å²) in [4.78, 5) is 0.696. The van der Waals surface area contributed by atoms with Crippen molar-refractivity contribution in [2.45, 2.75) is 6.73 Å². The predicted molar refractivity (Wildman–Crippen MR) is 88.6 cm³/mol. The number of para-hydroxylation sites is 1. The Morgan fingerprint density at radius 3 is 2.65 bits per heavy atom. The van der Waals surface area contributed by atoms with Crippen LogP contribution in [0.3, 0.4) is 0 Å². The maximum absolute atomic E-state index is 12.4. The average Bonchev–Trinajstić information content (AvgIpc) is 2.94. The van der Waals surface area contributed by atoms with Crippen molar-refractivity contribution in [3.05, 3.63) is 66.1 Å². The minimum absolute atomic E-state index is 0.428. The number of fused-ring (bicyclic) bond motifs is 2. The zero-order chi connectivity index (χ0) is 15.8. The molecule has 0 amide bonds. The third-order valence-electron chi connectivity index (χ3n) is 4.02. The molecule has 0 saturated carbocycles. The SMILES string of the molecule is COCn1cc(-c2c3ccccc3cn[n+]2[O-])c2ccccc21. The van der Waals surface area contributed by atoms with E-state index in [1.165, 1.54) is 0 Å². The summed E-state index contributed by atoms with van der Waals surface area (Å²) in [5.41, 5.74) is 2.45. The van der Waals surface area contributed by atoms with Gasteiger partial charge in [0, 0.05) is 29.2 Å². The number of nitrogens with zero attached hydrogens (tertiary/aromatic N) is 3. The lowest BCUT2D eigenvalue weighted by atomic mass is 10.0. The molecule has 0 aliphatic rings. The van der Waals surface area contributed by atoms with Crippen LogP contribution in [0.4, 0.5) is 0 Å². The van der Waals surface area contributed by atoms with Gasteiger partial charge in [0.05, 0.1) is 16.5 Å². The maximum Gasteiger partial charge on any atom is 0.262 e. The molecule has 2 aromatic heterocycles. The summed E-state index contributed by atoms with van der Waals surface area (Å²) in [5, 5.41) is 19.2. The molecule has 0 spiro atoms. The second-order valence-electron chi connectivity index (χ2n) is 5.40. The Morgan fingerprint density at radius 2 is 1.83 bits per heavy atom. The van der Waals surface area contributed by atoms with E-state index in [0.717, 1.165) is 27.2 Å². The largest absolute Gasteiger partial charge is 0.594 e. The zero-order valence-corrected chi connectivity index (χ0v) is 12.6. The van der Waals surface area contributed by atoms with Crippen LogP contribution in [0.2, 0.25) is 0 Å². The van der Waals surface area contributed by atoms with E-state index in [1.807, 2.05) is 59.3 Å². The Morgan fingerprint density at radius 1 is 1.09 bits per heavy atom. The van der Waals surface area contributed by atoms with Gasteiger partial charge in [0.25, 0.3) is 5.69 Å². The highest BCUT2D eigenvalue weighted by atomic mass is 16.5. The van der Waals surface area contributed by atoms with Crippen LogP contribution in [0.1, 0.15) is 0 Å². The first kappa shape index (κ1) is 13.7. The van der Waals surface area contributed by atoms with Crippen LogP contribution < -0.4 is 4.85 Å². The van der Waals surface area contributed by atoms with Gasteiger partial charge in [-0.15, -0.1) is 0 Å². The smallest absolute Gasteiger partial charge is 0.262 e. The summed E-state index contributed by atoms with van der Waals surface area (Å²) in [6.07, 6.45) is 3.55. The van der Waals surface area contributed by atoms with E-state index in [9.17, 15) is 5.21 Å². The van der Waals surface area contributed by atoms with E-state index in [0.29, 0.717) is 17.3 Å². The summed E-state index contributed by atoms with van der Waals surface area (Å²) >= 11 is 0. The average molecular weight is 305 g/mol. The molecule has 0 radical (unpaired) electrons. The van der Waals surface area contributed by atoms with Gasteiger partial charge in [0.2, 0.25) is 0 Å². The van der Waals surface area contributed by atoms with Gasteiger partial charge in [0.15, 0.2) is 0 Å². The topological polar surface area (TPSA) is 54.0 Å². The molecule has 0 aliphatic heterocycles. The number of aromatic nitrogens is 3. The van der Waals surface area contributed by atoms with Crippen molar-refractivity contribution in [3.8, 4) is 11.3 Å². The molecule has 0 atom stereocenters. The lowest BCUT2D eigenvalue weighted by Crippen LogP contribution is -2.33. The van der Waals surface area contributed by atoms with Crippen molar-refractivity contribution in [2.75, 3.05) is 7.11 Å². The van der Waals surface area contributed by atoms with Gasteiger partial charge < -0.3 is 14.5 Å². The molecule has 0 saturated heterocycles. The second kappa shape index (κ2) is 5.37. The van der Waals surface area contributed by atoms with Gasteiger partial charge in [-0.2, -0.15) is 0 Å². The summed E-state index contributed by atoms with van der Waals surface area (Å²) in [7, 11) is 1.65. The molecule has 4 rings (SSSR count). The first-order valence-corrected chi connectivity index (χ1v) is 7.34. The molecule has 2 aromatic carbocycles. The van der Waals surface area contributed by atoms with Crippen LogP contribution in [0.15, 0.2) is 60.9 Å². The predicted octanol–water partition coefficient (Wildman–Crippen LogP) is 3.09. The lowest BCUT2D eigenvalue weighted by Gasteiger charge is -2.04. The van der Waals surface area contributed by atoms with Crippen LogP contribution in [0.5, 0.6) is 0 Å². The molecular weight excluding hydrogens is 290 g/mol. The molecule has 5 nitrogen and oxygen atoms in total. The molecule has 0 fully saturated rings. The van der Waals surface area contributed by atoms with E-state index in [2.05, 4.69) is 5.10 Å². The highest BCUT2D eigenvalue weighted by molar-refractivity contribution is 6.02. The summed E-state index contributed by atoms with van der Waals surface area (Å²) < 4.78 is 7.26. The van der Waals surface area contributed by atoms with Crippen LogP contribution in [0, 0.1) is 5.21 Å². The molecule has 114 valence electrons. The summed E-state index contributed by atoms with van der Waals surface area (Å²) in [6.45, 7) is 0.428. The Kier molecular flexibility index (Phi) is 3.20. The minimum Gasteiger partial charge on any atom is -0.594 e. The van der Waals surface area contributed by atoms with E-state index in [1.54, 1.807) is 13.3 Å². The zero-order valence-electron chi connectivity index (χ0n) is 12.6. The highest BCUT2D eigenvalue weighted by Crippen LogP contribution is 2.32. The fraction of sp³-hybridized carbons (Fsp3) is 0.111. The van der Waals surface area contributed by atoms with Gasteiger partial charge in [-0.3, -0.25) is 0 Å². The standard InChI is InChI=1S/C18H15N3O2/c1-23-12-20-11-16(15-8-4-5-9-17(15)20)18-14-7-3-2-6-13(14)10-19-21(18)22/h2-11H,12H2,1H3. The number of ether oxygens (including phenoxy) is 1. The van der Waals surface area contributed by atoms with Crippen molar-refractivity contribution >= 4 is 21.7 Å². The number of benzene rings is 2. The summed E-state index contributed by atoms with van der Waals surface area (Å²) in [6, 6.07) is 15.8. The number of hydrogen-bond donors (Lipinski definition) is 0. The monoisotopic (exact) mass is 305 g/mol. The van der Waals surface area contributed by atoms with Crippen LogP contribution in [-0.2, 0) is 11.5 Å². The third-order valence-corrected chi connectivity index (χ3v) is 4.02. The lowest BCUT2D eigenvalue weighted by molar-refractivity contribution is -0.656. The first-order valence-electron chi connectivity index (χ1n) is 7.34. The molecule has 0 aliphatic carbocycles. The molecule has 0 unspecified atom stereocenters. The number of methoxy groups -OCH3 is 1. The second-order valence-corrected chi connectivity index (χ2v) is 5.40.